The Bertz CT molecular complexity index is 909. The summed E-state index contributed by atoms with van der Waals surface area (Å²) >= 11 is 0. The van der Waals surface area contributed by atoms with E-state index in [-0.39, 0.29) is 0 Å². The molecule has 22 heavy (non-hydrogen) atoms. The van der Waals surface area contributed by atoms with Crippen molar-refractivity contribution < 1.29 is 0 Å². The molecule has 0 aliphatic heterocycles. The van der Waals surface area contributed by atoms with Gasteiger partial charge in [-0.1, -0.05) is 18.2 Å². The third-order valence-corrected chi connectivity index (χ3v) is 3.21. The van der Waals surface area contributed by atoms with Gasteiger partial charge in [-0.3, -0.25) is 4.98 Å². The van der Waals surface area contributed by atoms with Crippen molar-refractivity contribution >= 4 is 22.1 Å². The Balaban J connectivity index is 0.000000131. The molecule has 0 atom stereocenters. The molecular weight excluding hydrogens is 274 g/mol. The smallest absolute Gasteiger partial charge is 0.181 e. The Labute approximate surface area is 128 Å². The van der Waals surface area contributed by atoms with Crippen LogP contribution in [0.25, 0.3) is 22.1 Å². The average molecular weight is 289 g/mol. The molecule has 0 saturated carbocycles. The van der Waals surface area contributed by atoms with Crippen molar-refractivity contribution in [3.8, 4) is 0 Å². The van der Waals surface area contributed by atoms with E-state index >= 15 is 0 Å². The summed E-state index contributed by atoms with van der Waals surface area (Å²) in [6, 6.07) is 10.3. The van der Waals surface area contributed by atoms with Crippen LogP contribution in [0.15, 0.2) is 55.2 Å². The number of benzene rings is 1. The number of rotatable bonds is 0. The molecule has 0 bridgehead atoms. The molecule has 0 unspecified atom stereocenters. The summed E-state index contributed by atoms with van der Waals surface area (Å²) in [5.74, 6) is 0. The number of aryl methyl sites for hydroxylation is 2. The highest BCUT2D eigenvalue weighted by molar-refractivity contribution is 5.78. The van der Waals surface area contributed by atoms with Crippen LogP contribution in [0.3, 0.4) is 0 Å². The predicted octanol–water partition coefficient (Wildman–Crippen LogP) is 3.27. The number of fused-ring (bicyclic) bond motifs is 2. The minimum Gasteiger partial charge on any atom is -0.256 e. The normalized spacial score (nSPS) is 10.3. The first kappa shape index (κ1) is 14.0. The molecule has 3 heterocycles. The monoisotopic (exact) mass is 289 g/mol. The minimum absolute atomic E-state index is 0.653. The SMILES string of the molecule is Cc1ccc2cccnc2c1.Cc1ncnc2nccnc12. The fourth-order valence-corrected chi connectivity index (χ4v) is 2.09. The van der Waals surface area contributed by atoms with Gasteiger partial charge in [-0.25, -0.2) is 19.9 Å². The Kier molecular flexibility index (Phi) is 3.96. The minimum atomic E-state index is 0.653. The summed E-state index contributed by atoms with van der Waals surface area (Å²) < 4.78 is 0. The molecular formula is C17H15N5. The molecule has 0 N–H and O–H groups in total. The highest BCUT2D eigenvalue weighted by Crippen LogP contribution is 2.11. The lowest BCUT2D eigenvalue weighted by atomic mass is 10.1. The van der Waals surface area contributed by atoms with Gasteiger partial charge in [-0.2, -0.15) is 0 Å². The summed E-state index contributed by atoms with van der Waals surface area (Å²) in [6.07, 6.45) is 6.57. The molecule has 5 nitrogen and oxygen atoms in total. The topological polar surface area (TPSA) is 64.5 Å². The standard InChI is InChI=1S/C10H9N.C7H6N4/c1-8-4-5-9-3-2-6-11-10(9)7-8;1-5-6-7(11-4-10-5)9-3-2-8-6/h2-7H,1H3;2-4H,1H3. The van der Waals surface area contributed by atoms with E-state index in [0.717, 1.165) is 16.7 Å². The van der Waals surface area contributed by atoms with Crippen molar-refractivity contribution in [1.29, 1.82) is 0 Å². The first-order valence-electron chi connectivity index (χ1n) is 6.94. The zero-order valence-corrected chi connectivity index (χ0v) is 12.4. The number of hydrogen-bond donors (Lipinski definition) is 0. The molecule has 4 aromatic rings. The predicted molar refractivity (Wildman–Crippen MR) is 86.3 cm³/mol. The van der Waals surface area contributed by atoms with Crippen LogP contribution >= 0.6 is 0 Å². The molecule has 108 valence electrons. The fourth-order valence-electron chi connectivity index (χ4n) is 2.09. The van der Waals surface area contributed by atoms with Crippen LogP contribution in [-0.4, -0.2) is 24.9 Å². The van der Waals surface area contributed by atoms with Gasteiger partial charge in [-0.15, -0.1) is 0 Å². The molecule has 3 aromatic heterocycles. The van der Waals surface area contributed by atoms with E-state index in [0.29, 0.717) is 5.65 Å². The van der Waals surface area contributed by atoms with E-state index in [1.807, 2.05) is 19.2 Å². The van der Waals surface area contributed by atoms with Crippen LogP contribution in [0.5, 0.6) is 0 Å². The summed E-state index contributed by atoms with van der Waals surface area (Å²) in [5.41, 5.74) is 4.63. The van der Waals surface area contributed by atoms with Crippen LogP contribution in [0.4, 0.5) is 0 Å². The van der Waals surface area contributed by atoms with Crippen LogP contribution in [0.1, 0.15) is 11.3 Å². The molecule has 5 heteroatoms. The van der Waals surface area contributed by atoms with E-state index in [2.05, 4.69) is 56.1 Å². The molecule has 0 amide bonds. The number of hydrogen-bond acceptors (Lipinski definition) is 5. The van der Waals surface area contributed by atoms with Crippen LogP contribution < -0.4 is 0 Å². The van der Waals surface area contributed by atoms with Crippen molar-refractivity contribution in [3.05, 3.63) is 66.5 Å². The van der Waals surface area contributed by atoms with E-state index in [1.165, 1.54) is 17.3 Å². The summed E-state index contributed by atoms with van der Waals surface area (Å²) in [5, 5.41) is 1.21. The van der Waals surface area contributed by atoms with Gasteiger partial charge in [0.1, 0.15) is 11.8 Å². The number of pyridine rings is 1. The van der Waals surface area contributed by atoms with Crippen LogP contribution in [0, 0.1) is 13.8 Å². The maximum Gasteiger partial charge on any atom is 0.181 e. The molecule has 0 aliphatic rings. The van der Waals surface area contributed by atoms with Crippen LogP contribution in [0.2, 0.25) is 0 Å². The second-order valence-corrected chi connectivity index (χ2v) is 4.89. The quantitative estimate of drug-likeness (QED) is 0.497. The fraction of sp³-hybridized carbons (Fsp3) is 0.118. The van der Waals surface area contributed by atoms with Crippen LogP contribution in [-0.2, 0) is 0 Å². The van der Waals surface area contributed by atoms with Crippen molar-refractivity contribution in [3.63, 3.8) is 0 Å². The second-order valence-electron chi connectivity index (χ2n) is 4.89. The second kappa shape index (κ2) is 6.22. The Hall–Kier alpha value is -2.95. The van der Waals surface area contributed by atoms with Gasteiger partial charge in [0.25, 0.3) is 0 Å². The van der Waals surface area contributed by atoms with E-state index < -0.39 is 0 Å². The van der Waals surface area contributed by atoms with Crippen molar-refractivity contribution in [2.75, 3.05) is 0 Å². The van der Waals surface area contributed by atoms with Gasteiger partial charge in [0.05, 0.1) is 11.2 Å². The Morgan fingerprint density at radius 2 is 1.64 bits per heavy atom. The average Bonchev–Trinajstić information content (AvgIpc) is 2.56. The highest BCUT2D eigenvalue weighted by Gasteiger charge is 1.98. The first-order chi connectivity index (χ1) is 10.7. The number of aromatic nitrogens is 5. The van der Waals surface area contributed by atoms with Gasteiger partial charge in [0.15, 0.2) is 5.65 Å². The summed E-state index contributed by atoms with van der Waals surface area (Å²) in [6.45, 7) is 3.97. The molecule has 0 radical (unpaired) electrons. The van der Waals surface area contributed by atoms with Gasteiger partial charge in [-0.05, 0) is 31.5 Å². The van der Waals surface area contributed by atoms with E-state index in [4.69, 9.17) is 0 Å². The van der Waals surface area contributed by atoms with Gasteiger partial charge in [0, 0.05) is 24.0 Å². The largest absolute Gasteiger partial charge is 0.256 e. The molecule has 1 aromatic carbocycles. The molecule has 0 aliphatic carbocycles. The highest BCUT2D eigenvalue weighted by atomic mass is 14.9. The van der Waals surface area contributed by atoms with Crippen molar-refractivity contribution in [2.24, 2.45) is 0 Å². The van der Waals surface area contributed by atoms with Gasteiger partial charge >= 0.3 is 0 Å². The van der Waals surface area contributed by atoms with E-state index in [9.17, 15) is 0 Å². The molecule has 0 spiro atoms. The Morgan fingerprint density at radius 1 is 0.773 bits per heavy atom. The Morgan fingerprint density at radius 3 is 2.50 bits per heavy atom. The van der Waals surface area contributed by atoms with Gasteiger partial charge < -0.3 is 0 Å². The molecule has 0 saturated heterocycles. The van der Waals surface area contributed by atoms with Crippen molar-refractivity contribution in [1.82, 2.24) is 24.9 Å². The third kappa shape index (κ3) is 3.03. The maximum atomic E-state index is 4.24. The van der Waals surface area contributed by atoms with Crippen molar-refractivity contribution in [2.45, 2.75) is 13.8 Å². The molecule has 0 fully saturated rings. The maximum absolute atomic E-state index is 4.24. The van der Waals surface area contributed by atoms with Gasteiger partial charge in [0.2, 0.25) is 0 Å². The lowest BCUT2D eigenvalue weighted by molar-refractivity contribution is 1.10. The molecule has 4 rings (SSSR count). The summed E-state index contributed by atoms with van der Waals surface area (Å²) in [4.78, 5) is 20.3. The zero-order valence-electron chi connectivity index (χ0n) is 12.4. The lowest BCUT2D eigenvalue weighted by Gasteiger charge is -1.95. The van der Waals surface area contributed by atoms with E-state index in [1.54, 1.807) is 12.4 Å². The zero-order chi connectivity index (χ0) is 15.4. The third-order valence-electron chi connectivity index (χ3n) is 3.21. The summed E-state index contributed by atoms with van der Waals surface area (Å²) in [7, 11) is 0. The lowest BCUT2D eigenvalue weighted by Crippen LogP contribution is -1.91. The number of nitrogens with zero attached hydrogens (tertiary/aromatic N) is 5. The first-order valence-corrected chi connectivity index (χ1v) is 6.94.